The van der Waals surface area contributed by atoms with Crippen molar-refractivity contribution < 1.29 is 5.11 Å². The molecule has 0 aromatic heterocycles. The van der Waals surface area contributed by atoms with Crippen LogP contribution in [-0.4, -0.2) is 11.2 Å². The zero-order valence-corrected chi connectivity index (χ0v) is 4.96. The third-order valence-electron chi connectivity index (χ3n) is 1.38. The summed E-state index contributed by atoms with van der Waals surface area (Å²) in [6.45, 7) is 1.94. The summed E-state index contributed by atoms with van der Waals surface area (Å²) in [5, 5.41) is 9.06. The highest BCUT2D eigenvalue weighted by Gasteiger charge is 2.04. The van der Waals surface area contributed by atoms with Gasteiger partial charge in [-0.2, -0.15) is 0 Å². The quantitative estimate of drug-likeness (QED) is 0.497. The van der Waals surface area contributed by atoms with Crippen molar-refractivity contribution >= 4 is 0 Å². The van der Waals surface area contributed by atoms with Crippen molar-refractivity contribution in [1.82, 2.24) is 0 Å². The summed E-state index contributed by atoms with van der Waals surface area (Å²) in [7, 11) is 0. The van der Waals surface area contributed by atoms with Crippen LogP contribution < -0.4 is 0 Å². The van der Waals surface area contributed by atoms with E-state index >= 15 is 0 Å². The van der Waals surface area contributed by atoms with Crippen LogP contribution in [0.2, 0.25) is 0 Å². The van der Waals surface area contributed by atoms with Gasteiger partial charge in [0.2, 0.25) is 0 Å². The third kappa shape index (κ3) is 0.984. The molecule has 0 bridgehead atoms. The van der Waals surface area contributed by atoms with Crippen LogP contribution in [0.5, 0.6) is 0 Å². The van der Waals surface area contributed by atoms with Crippen molar-refractivity contribution in [2.24, 2.45) is 0 Å². The lowest BCUT2D eigenvalue weighted by Gasteiger charge is -2.10. The number of aliphatic hydroxyl groups excluding tert-OH is 1. The summed E-state index contributed by atoms with van der Waals surface area (Å²) in [6.07, 6.45) is 6.44. The van der Waals surface area contributed by atoms with E-state index < -0.39 is 0 Å². The van der Waals surface area contributed by atoms with E-state index in [1.54, 1.807) is 0 Å². The smallest absolute Gasteiger partial charge is 0.0784 e. The summed E-state index contributed by atoms with van der Waals surface area (Å²) in [6, 6.07) is 0. The molecule has 1 unspecified atom stereocenters. The molecule has 0 heterocycles. The van der Waals surface area contributed by atoms with E-state index in [1.165, 1.54) is 0 Å². The molecule has 1 aliphatic rings. The maximum absolute atomic E-state index is 9.06. The first-order valence-electron chi connectivity index (χ1n) is 2.82. The molecule has 1 heteroatoms. The molecule has 1 atom stereocenters. The van der Waals surface area contributed by atoms with Gasteiger partial charge in [0.15, 0.2) is 0 Å². The average molecular weight is 110 g/mol. The van der Waals surface area contributed by atoms with Crippen molar-refractivity contribution in [3.05, 3.63) is 23.8 Å². The molecule has 0 saturated carbocycles. The Balaban J connectivity index is 2.66. The van der Waals surface area contributed by atoms with Gasteiger partial charge in [0.25, 0.3) is 0 Å². The number of hydrogen-bond donors (Lipinski definition) is 1. The predicted molar refractivity (Wildman–Crippen MR) is 33.5 cm³/mol. The lowest BCUT2D eigenvalue weighted by atomic mass is 10.0. The predicted octanol–water partition coefficient (Wildman–Crippen LogP) is 1.25. The Morgan fingerprint density at radius 3 is 2.88 bits per heavy atom. The van der Waals surface area contributed by atoms with E-state index in [2.05, 4.69) is 0 Å². The van der Waals surface area contributed by atoms with Gasteiger partial charge in [-0.15, -0.1) is 0 Å². The Kier molecular flexibility index (Phi) is 1.49. The van der Waals surface area contributed by atoms with Crippen LogP contribution in [0.15, 0.2) is 23.8 Å². The molecule has 0 saturated heterocycles. The van der Waals surface area contributed by atoms with E-state index in [-0.39, 0.29) is 6.10 Å². The second-order valence-corrected chi connectivity index (χ2v) is 2.09. The van der Waals surface area contributed by atoms with Gasteiger partial charge >= 0.3 is 0 Å². The van der Waals surface area contributed by atoms with Gasteiger partial charge in [-0.05, 0) is 18.9 Å². The molecule has 1 N–H and O–H groups in total. The Morgan fingerprint density at radius 2 is 2.50 bits per heavy atom. The van der Waals surface area contributed by atoms with Crippen molar-refractivity contribution in [2.45, 2.75) is 19.4 Å². The number of hydrogen-bond acceptors (Lipinski definition) is 1. The topological polar surface area (TPSA) is 20.2 Å². The van der Waals surface area contributed by atoms with Crippen LogP contribution in [0.3, 0.4) is 0 Å². The highest BCUT2D eigenvalue weighted by Crippen LogP contribution is 2.10. The molecule has 8 heavy (non-hydrogen) atoms. The number of aliphatic hydroxyl groups is 1. The molecular formula is C7H10O. The minimum atomic E-state index is -0.222. The normalized spacial score (nSPS) is 27.8. The Bertz CT molecular complexity index is 133. The van der Waals surface area contributed by atoms with Gasteiger partial charge in [0.1, 0.15) is 0 Å². The summed E-state index contributed by atoms with van der Waals surface area (Å²) in [5.41, 5.74) is 1.06. The summed E-state index contributed by atoms with van der Waals surface area (Å²) in [4.78, 5) is 0. The molecule has 0 radical (unpaired) electrons. The van der Waals surface area contributed by atoms with Crippen molar-refractivity contribution in [1.29, 1.82) is 0 Å². The Labute approximate surface area is 49.3 Å². The van der Waals surface area contributed by atoms with E-state index in [0.717, 1.165) is 12.0 Å². The summed E-state index contributed by atoms with van der Waals surface area (Å²) < 4.78 is 0. The maximum atomic E-state index is 9.06. The van der Waals surface area contributed by atoms with Crippen LogP contribution >= 0.6 is 0 Å². The van der Waals surface area contributed by atoms with E-state index in [1.807, 2.05) is 25.2 Å². The van der Waals surface area contributed by atoms with Crippen LogP contribution in [0.25, 0.3) is 0 Å². The minimum Gasteiger partial charge on any atom is -0.388 e. The van der Waals surface area contributed by atoms with Crippen molar-refractivity contribution in [2.75, 3.05) is 0 Å². The van der Waals surface area contributed by atoms with Gasteiger partial charge in [0, 0.05) is 0 Å². The lowest BCUT2D eigenvalue weighted by Crippen LogP contribution is -2.07. The standard InChI is InChI=1S/C7H10O/c1-6-4-2-3-5-7(6)8/h2-4,7-8H,5H2,1H3. The van der Waals surface area contributed by atoms with Crippen molar-refractivity contribution in [3.8, 4) is 0 Å². The molecule has 0 fully saturated rings. The minimum absolute atomic E-state index is 0.222. The fourth-order valence-electron chi connectivity index (χ4n) is 0.724. The molecule has 0 amide bonds. The fourth-order valence-corrected chi connectivity index (χ4v) is 0.724. The molecule has 0 aliphatic heterocycles. The first-order valence-corrected chi connectivity index (χ1v) is 2.82. The van der Waals surface area contributed by atoms with Crippen molar-refractivity contribution in [3.63, 3.8) is 0 Å². The molecule has 0 aromatic rings. The SMILES string of the molecule is CC1=CC=CCC1O. The van der Waals surface area contributed by atoms with Crippen LogP contribution in [-0.2, 0) is 0 Å². The van der Waals surface area contributed by atoms with Gasteiger partial charge in [0.05, 0.1) is 6.10 Å². The molecule has 0 spiro atoms. The monoisotopic (exact) mass is 110 g/mol. The first kappa shape index (κ1) is 5.57. The second-order valence-electron chi connectivity index (χ2n) is 2.09. The van der Waals surface area contributed by atoms with Crippen LogP contribution in [0.4, 0.5) is 0 Å². The van der Waals surface area contributed by atoms with E-state index in [0.29, 0.717) is 0 Å². The molecule has 1 rings (SSSR count). The molecular weight excluding hydrogens is 100 g/mol. The third-order valence-corrected chi connectivity index (χ3v) is 1.38. The van der Waals surface area contributed by atoms with E-state index in [9.17, 15) is 0 Å². The molecule has 1 aliphatic carbocycles. The van der Waals surface area contributed by atoms with Crippen LogP contribution in [0.1, 0.15) is 13.3 Å². The average Bonchev–Trinajstić information content (AvgIpc) is 1.77. The van der Waals surface area contributed by atoms with E-state index in [4.69, 9.17) is 5.11 Å². The first-order chi connectivity index (χ1) is 3.80. The largest absolute Gasteiger partial charge is 0.388 e. The number of allylic oxidation sites excluding steroid dienone is 2. The summed E-state index contributed by atoms with van der Waals surface area (Å²) >= 11 is 0. The number of rotatable bonds is 0. The van der Waals surface area contributed by atoms with Gasteiger partial charge in [-0.3, -0.25) is 0 Å². The molecule has 0 aromatic carbocycles. The molecule has 44 valence electrons. The van der Waals surface area contributed by atoms with Crippen LogP contribution in [0, 0.1) is 0 Å². The lowest BCUT2D eigenvalue weighted by molar-refractivity contribution is 0.213. The van der Waals surface area contributed by atoms with Gasteiger partial charge < -0.3 is 5.11 Å². The Morgan fingerprint density at radius 1 is 1.75 bits per heavy atom. The van der Waals surface area contributed by atoms with Gasteiger partial charge in [-0.25, -0.2) is 0 Å². The highest BCUT2D eigenvalue weighted by molar-refractivity contribution is 5.19. The fraction of sp³-hybridized carbons (Fsp3) is 0.429. The second kappa shape index (κ2) is 2.14. The van der Waals surface area contributed by atoms with Gasteiger partial charge in [-0.1, -0.05) is 18.2 Å². The zero-order chi connectivity index (χ0) is 5.98. The molecule has 1 nitrogen and oxygen atoms in total. The summed E-state index contributed by atoms with van der Waals surface area (Å²) in [5.74, 6) is 0. The maximum Gasteiger partial charge on any atom is 0.0784 e. The Hall–Kier alpha value is -0.560. The highest BCUT2D eigenvalue weighted by atomic mass is 16.3. The zero-order valence-electron chi connectivity index (χ0n) is 4.96.